The van der Waals surface area contributed by atoms with Gasteiger partial charge in [-0.2, -0.15) is 8.61 Å². The molecule has 2 aromatic rings. The van der Waals surface area contributed by atoms with E-state index in [1.54, 1.807) is 57.1 Å². The molecule has 2 saturated heterocycles. The first-order valence-electron chi connectivity index (χ1n) is 12.2. The normalized spacial score (nSPS) is 27.5. The van der Waals surface area contributed by atoms with Crippen molar-refractivity contribution in [2.24, 2.45) is 23.7 Å². The fraction of sp³-hybridized carbons (Fsp3) is 0.538. The molecule has 4 rings (SSSR count). The largest absolute Gasteiger partial charge is 0.243 e. The number of benzene rings is 2. The molecule has 186 valence electrons. The van der Waals surface area contributed by atoms with Gasteiger partial charge in [0.2, 0.25) is 20.0 Å². The maximum absolute atomic E-state index is 13.1. The molecule has 4 unspecified atom stereocenters. The second-order valence-electron chi connectivity index (χ2n) is 10.6. The van der Waals surface area contributed by atoms with Crippen LogP contribution in [0.3, 0.4) is 0 Å². The first kappa shape index (κ1) is 25.4. The Morgan fingerprint density at radius 1 is 0.529 bits per heavy atom. The summed E-state index contributed by atoms with van der Waals surface area (Å²) in [4.78, 5) is 0.593. The van der Waals surface area contributed by atoms with Crippen molar-refractivity contribution < 1.29 is 16.8 Å². The minimum absolute atomic E-state index is 0.296. The third-order valence-electron chi connectivity index (χ3n) is 6.99. The Hall–Kier alpha value is -1.74. The quantitative estimate of drug-likeness (QED) is 0.592. The number of sulfonamides is 2. The van der Waals surface area contributed by atoms with Crippen LogP contribution >= 0.6 is 0 Å². The maximum Gasteiger partial charge on any atom is 0.243 e. The number of hydrogen-bond donors (Lipinski definition) is 0. The molecule has 0 saturated carbocycles. The average molecular weight is 505 g/mol. The molecule has 0 N–H and O–H groups in total. The SMILES string of the molecule is CC1CC(C)CN(S(=O)(=O)c2ccc(-c3ccc(S(=O)(=O)N4CC(C)CC(C)C4)cc3)cc2)C1. The third kappa shape index (κ3) is 5.25. The first-order chi connectivity index (χ1) is 16.0. The van der Waals surface area contributed by atoms with Crippen molar-refractivity contribution in [1.82, 2.24) is 8.61 Å². The molecule has 6 nitrogen and oxygen atoms in total. The van der Waals surface area contributed by atoms with Crippen molar-refractivity contribution in [3.05, 3.63) is 48.5 Å². The predicted molar refractivity (Wildman–Crippen MR) is 135 cm³/mol. The van der Waals surface area contributed by atoms with Crippen LogP contribution in [0.25, 0.3) is 11.1 Å². The van der Waals surface area contributed by atoms with Gasteiger partial charge in [-0.25, -0.2) is 16.8 Å². The zero-order chi connectivity index (χ0) is 24.7. The molecule has 2 aliphatic heterocycles. The van der Waals surface area contributed by atoms with Crippen molar-refractivity contribution in [1.29, 1.82) is 0 Å². The minimum atomic E-state index is -3.53. The lowest BCUT2D eigenvalue weighted by atomic mass is 9.94. The summed E-state index contributed by atoms with van der Waals surface area (Å²) in [6, 6.07) is 13.8. The molecule has 2 aromatic carbocycles. The van der Waals surface area contributed by atoms with Gasteiger partial charge in [-0.05, 0) is 71.9 Å². The zero-order valence-electron chi connectivity index (χ0n) is 20.5. The summed E-state index contributed by atoms with van der Waals surface area (Å²) in [5.74, 6) is 1.40. The van der Waals surface area contributed by atoms with Crippen LogP contribution in [0.2, 0.25) is 0 Å². The summed E-state index contributed by atoms with van der Waals surface area (Å²) in [7, 11) is -7.05. The topological polar surface area (TPSA) is 74.8 Å². The number of rotatable bonds is 5. The van der Waals surface area contributed by atoms with E-state index >= 15 is 0 Å². The van der Waals surface area contributed by atoms with Crippen molar-refractivity contribution >= 4 is 20.0 Å². The molecule has 0 aromatic heterocycles. The van der Waals surface area contributed by atoms with Gasteiger partial charge in [0.05, 0.1) is 9.79 Å². The lowest BCUT2D eigenvalue weighted by Crippen LogP contribution is -2.42. The zero-order valence-corrected chi connectivity index (χ0v) is 22.1. The fourth-order valence-corrected chi connectivity index (χ4v) is 8.90. The highest BCUT2D eigenvalue weighted by molar-refractivity contribution is 7.89. The summed E-state index contributed by atoms with van der Waals surface area (Å²) in [6.45, 7) is 10.6. The van der Waals surface area contributed by atoms with Crippen LogP contribution in [0.4, 0.5) is 0 Å². The molecule has 0 aliphatic carbocycles. The molecule has 8 heteroatoms. The van der Waals surface area contributed by atoms with E-state index in [1.807, 2.05) is 0 Å². The Balaban J connectivity index is 1.51. The van der Waals surface area contributed by atoms with Crippen LogP contribution in [0.1, 0.15) is 40.5 Å². The summed E-state index contributed by atoms with van der Waals surface area (Å²) < 4.78 is 55.7. The Morgan fingerprint density at radius 3 is 1.06 bits per heavy atom. The molecule has 0 spiro atoms. The van der Waals surface area contributed by atoms with Gasteiger partial charge in [0, 0.05) is 26.2 Å². The molecule has 0 radical (unpaired) electrons. The number of nitrogens with zero attached hydrogens (tertiary/aromatic N) is 2. The van der Waals surface area contributed by atoms with E-state index < -0.39 is 20.0 Å². The van der Waals surface area contributed by atoms with E-state index in [0.717, 1.165) is 24.0 Å². The molecular formula is C26H36N2O4S2. The lowest BCUT2D eigenvalue weighted by molar-refractivity contribution is 0.222. The predicted octanol–water partition coefficient (Wildman–Crippen LogP) is 4.69. The Morgan fingerprint density at radius 2 is 0.794 bits per heavy atom. The Kier molecular flexibility index (Phi) is 7.25. The maximum atomic E-state index is 13.1. The van der Waals surface area contributed by atoms with E-state index in [1.165, 1.54) is 0 Å². The van der Waals surface area contributed by atoms with E-state index in [0.29, 0.717) is 59.6 Å². The van der Waals surface area contributed by atoms with Crippen LogP contribution < -0.4 is 0 Å². The molecular weight excluding hydrogens is 468 g/mol. The number of piperidine rings is 2. The van der Waals surface area contributed by atoms with Crippen molar-refractivity contribution in [3.63, 3.8) is 0 Å². The summed E-state index contributed by atoms with van der Waals surface area (Å²) in [5, 5.41) is 0. The van der Waals surface area contributed by atoms with Gasteiger partial charge in [0.25, 0.3) is 0 Å². The third-order valence-corrected chi connectivity index (χ3v) is 10.7. The van der Waals surface area contributed by atoms with E-state index in [9.17, 15) is 16.8 Å². The van der Waals surface area contributed by atoms with E-state index in [2.05, 4.69) is 27.7 Å². The first-order valence-corrected chi connectivity index (χ1v) is 15.1. The van der Waals surface area contributed by atoms with Gasteiger partial charge in [-0.3, -0.25) is 0 Å². The minimum Gasteiger partial charge on any atom is -0.207 e. The molecule has 0 amide bonds. The van der Waals surface area contributed by atoms with Gasteiger partial charge < -0.3 is 0 Å². The van der Waals surface area contributed by atoms with Gasteiger partial charge in [0.15, 0.2) is 0 Å². The molecule has 34 heavy (non-hydrogen) atoms. The van der Waals surface area contributed by atoms with Gasteiger partial charge in [-0.15, -0.1) is 0 Å². The monoisotopic (exact) mass is 504 g/mol. The van der Waals surface area contributed by atoms with Crippen LogP contribution in [-0.2, 0) is 20.0 Å². The van der Waals surface area contributed by atoms with Crippen molar-refractivity contribution in [2.45, 2.75) is 50.3 Å². The smallest absolute Gasteiger partial charge is 0.207 e. The molecule has 2 aliphatic rings. The Labute approximate surface area is 205 Å². The lowest BCUT2D eigenvalue weighted by Gasteiger charge is -2.34. The number of hydrogen-bond acceptors (Lipinski definition) is 4. The summed E-state index contributed by atoms with van der Waals surface area (Å²) >= 11 is 0. The molecule has 0 bridgehead atoms. The molecule has 4 atom stereocenters. The van der Waals surface area contributed by atoms with Crippen molar-refractivity contribution in [3.8, 4) is 11.1 Å². The summed E-state index contributed by atoms with van der Waals surface area (Å²) in [5.41, 5.74) is 1.70. The highest BCUT2D eigenvalue weighted by Crippen LogP contribution is 2.30. The second kappa shape index (κ2) is 9.72. The van der Waals surface area contributed by atoms with Crippen LogP contribution in [0.15, 0.2) is 58.3 Å². The molecule has 2 fully saturated rings. The van der Waals surface area contributed by atoms with E-state index in [4.69, 9.17) is 0 Å². The van der Waals surface area contributed by atoms with Gasteiger partial charge >= 0.3 is 0 Å². The van der Waals surface area contributed by atoms with Crippen LogP contribution in [-0.4, -0.2) is 51.6 Å². The summed E-state index contributed by atoms with van der Waals surface area (Å²) in [6.07, 6.45) is 2.10. The second-order valence-corrected chi connectivity index (χ2v) is 14.5. The van der Waals surface area contributed by atoms with Crippen molar-refractivity contribution in [2.75, 3.05) is 26.2 Å². The van der Waals surface area contributed by atoms with Gasteiger partial charge in [0.1, 0.15) is 0 Å². The average Bonchev–Trinajstić information content (AvgIpc) is 2.78. The van der Waals surface area contributed by atoms with Crippen LogP contribution in [0.5, 0.6) is 0 Å². The van der Waals surface area contributed by atoms with Gasteiger partial charge in [-0.1, -0.05) is 52.0 Å². The fourth-order valence-electron chi connectivity index (χ4n) is 5.54. The van der Waals surface area contributed by atoms with E-state index in [-0.39, 0.29) is 0 Å². The highest BCUT2D eigenvalue weighted by atomic mass is 32.2. The Bertz CT molecular complexity index is 1090. The highest BCUT2D eigenvalue weighted by Gasteiger charge is 2.33. The standard InChI is InChI=1S/C26H36N2O4S2/c1-19-13-20(2)16-27(15-19)33(29,30)25-9-5-23(6-10-25)24-7-11-26(12-8-24)34(31,32)28-17-21(3)14-22(4)18-28/h5-12,19-22H,13-18H2,1-4H3. The van der Waals surface area contributed by atoms with Crippen LogP contribution in [0, 0.1) is 23.7 Å². The molecule has 2 heterocycles.